The first-order chi connectivity index (χ1) is 13.8. The summed E-state index contributed by atoms with van der Waals surface area (Å²) in [6, 6.07) is 14.1. The third-order valence-corrected chi connectivity index (χ3v) is 5.01. The maximum Gasteiger partial charge on any atom is 0.226 e. The number of hydrogen-bond acceptors (Lipinski definition) is 4. The fourth-order valence-electron chi connectivity index (χ4n) is 3.76. The summed E-state index contributed by atoms with van der Waals surface area (Å²) < 4.78 is 1.89. The van der Waals surface area contributed by atoms with Gasteiger partial charge in [-0.3, -0.25) is 19.6 Å². The number of carbonyl (C=O) groups excluding carboxylic acids is 1. The van der Waals surface area contributed by atoms with E-state index in [0.717, 1.165) is 27.9 Å². The van der Waals surface area contributed by atoms with Crippen LogP contribution < -0.4 is 5.32 Å². The highest BCUT2D eigenvalue weighted by molar-refractivity contribution is 5.96. The molecule has 5 rings (SSSR count). The molecule has 1 aromatic carbocycles. The number of aromatic nitrogens is 5. The number of pyridine rings is 1. The van der Waals surface area contributed by atoms with Crippen LogP contribution in [0.25, 0.3) is 11.3 Å². The Morgan fingerprint density at radius 3 is 2.93 bits per heavy atom. The number of rotatable bonds is 4. The Morgan fingerprint density at radius 2 is 2.11 bits per heavy atom. The van der Waals surface area contributed by atoms with Crippen molar-refractivity contribution in [3.05, 3.63) is 83.9 Å². The molecule has 2 N–H and O–H groups in total. The highest BCUT2D eigenvalue weighted by atomic mass is 16.1. The van der Waals surface area contributed by atoms with Crippen molar-refractivity contribution in [1.29, 1.82) is 0 Å². The second-order valence-corrected chi connectivity index (χ2v) is 6.86. The highest BCUT2D eigenvalue weighted by Crippen LogP contribution is 2.41. The van der Waals surface area contributed by atoms with Crippen molar-refractivity contribution in [2.45, 2.75) is 18.9 Å². The second kappa shape index (κ2) is 6.77. The molecule has 0 fully saturated rings. The summed E-state index contributed by atoms with van der Waals surface area (Å²) in [6.07, 6.45) is 7.63. The van der Waals surface area contributed by atoms with E-state index in [0.29, 0.717) is 18.8 Å². The van der Waals surface area contributed by atoms with Gasteiger partial charge in [0.1, 0.15) is 0 Å². The number of carbonyl (C=O) groups is 1. The van der Waals surface area contributed by atoms with Gasteiger partial charge in [0.25, 0.3) is 0 Å². The quantitative estimate of drug-likeness (QED) is 0.577. The molecule has 3 aromatic heterocycles. The molecule has 4 heterocycles. The number of nitrogens with one attached hydrogen (secondary N) is 2. The predicted octanol–water partition coefficient (Wildman–Crippen LogP) is 3.19. The number of nitrogens with zero attached hydrogens (tertiary/aromatic N) is 4. The van der Waals surface area contributed by atoms with Crippen molar-refractivity contribution in [2.75, 3.05) is 5.32 Å². The van der Waals surface area contributed by atoms with Gasteiger partial charge in [-0.1, -0.05) is 24.3 Å². The van der Waals surface area contributed by atoms with Gasteiger partial charge in [0.15, 0.2) is 5.82 Å². The molecular formula is C21H18N6O. The second-order valence-electron chi connectivity index (χ2n) is 6.86. The van der Waals surface area contributed by atoms with Crippen LogP contribution in [0.4, 0.5) is 5.82 Å². The fraction of sp³-hybridized carbons (Fsp3) is 0.143. The van der Waals surface area contributed by atoms with Crippen molar-refractivity contribution in [2.24, 2.45) is 0 Å². The van der Waals surface area contributed by atoms with E-state index < -0.39 is 0 Å². The van der Waals surface area contributed by atoms with Crippen molar-refractivity contribution in [1.82, 2.24) is 25.0 Å². The minimum Gasteiger partial charge on any atom is -0.309 e. The van der Waals surface area contributed by atoms with E-state index in [-0.39, 0.29) is 11.8 Å². The summed E-state index contributed by atoms with van der Waals surface area (Å²) in [7, 11) is 0. The molecule has 0 aliphatic carbocycles. The van der Waals surface area contributed by atoms with Crippen LogP contribution >= 0.6 is 0 Å². The van der Waals surface area contributed by atoms with Crippen molar-refractivity contribution in [3.63, 3.8) is 0 Å². The third kappa shape index (κ3) is 2.96. The first-order valence-corrected chi connectivity index (χ1v) is 9.13. The summed E-state index contributed by atoms with van der Waals surface area (Å²) in [5.41, 5.74) is 5.08. The minimum atomic E-state index is -0.0738. The molecule has 4 aromatic rings. The van der Waals surface area contributed by atoms with E-state index in [2.05, 4.69) is 43.8 Å². The Kier molecular flexibility index (Phi) is 3.97. The number of hydrogen-bond donors (Lipinski definition) is 2. The smallest absolute Gasteiger partial charge is 0.226 e. The van der Waals surface area contributed by atoms with Gasteiger partial charge in [0, 0.05) is 48.3 Å². The van der Waals surface area contributed by atoms with Crippen LogP contribution in [0.2, 0.25) is 0 Å². The lowest BCUT2D eigenvalue weighted by Crippen LogP contribution is -2.23. The maximum atomic E-state index is 12.3. The molecule has 0 radical (unpaired) electrons. The summed E-state index contributed by atoms with van der Waals surface area (Å²) in [4.78, 5) is 16.5. The van der Waals surface area contributed by atoms with E-state index in [1.54, 1.807) is 18.6 Å². The standard InChI is InChI=1S/C21H18N6O/c28-18-11-17(15-5-1-4-14(10-15)13-27-9-3-8-23-27)19-20(25-26-21(19)24-18)16-6-2-7-22-12-16/h1-10,12,17H,11,13H2,(H2,24,25,26,28). The molecule has 7 heteroatoms. The van der Waals surface area contributed by atoms with Gasteiger partial charge in [-0.2, -0.15) is 10.2 Å². The Hall–Kier alpha value is -3.74. The Balaban J connectivity index is 1.57. The predicted molar refractivity (Wildman–Crippen MR) is 105 cm³/mol. The average Bonchev–Trinajstić information content (AvgIpc) is 3.38. The first-order valence-electron chi connectivity index (χ1n) is 9.13. The third-order valence-electron chi connectivity index (χ3n) is 5.01. The van der Waals surface area contributed by atoms with Crippen LogP contribution in [0.1, 0.15) is 29.0 Å². The maximum absolute atomic E-state index is 12.3. The zero-order valence-corrected chi connectivity index (χ0v) is 15.0. The van der Waals surface area contributed by atoms with Crippen LogP contribution in [0.15, 0.2) is 67.3 Å². The first kappa shape index (κ1) is 16.4. The summed E-state index contributed by atoms with van der Waals surface area (Å²) in [6.45, 7) is 0.688. The fourth-order valence-corrected chi connectivity index (χ4v) is 3.76. The lowest BCUT2D eigenvalue weighted by molar-refractivity contribution is -0.116. The molecule has 1 aliphatic heterocycles. The molecule has 28 heavy (non-hydrogen) atoms. The Bertz CT molecular complexity index is 1120. The number of fused-ring (bicyclic) bond motifs is 1. The molecule has 7 nitrogen and oxygen atoms in total. The largest absolute Gasteiger partial charge is 0.309 e. The lowest BCUT2D eigenvalue weighted by atomic mass is 9.84. The normalized spacial score (nSPS) is 15.9. The van der Waals surface area contributed by atoms with Gasteiger partial charge < -0.3 is 5.32 Å². The van der Waals surface area contributed by atoms with Crippen LogP contribution in [-0.4, -0.2) is 30.9 Å². The molecular weight excluding hydrogens is 352 g/mol. The van der Waals surface area contributed by atoms with Crippen LogP contribution in [0.3, 0.4) is 0 Å². The molecule has 1 unspecified atom stereocenters. The summed E-state index contributed by atoms with van der Waals surface area (Å²) >= 11 is 0. The monoisotopic (exact) mass is 370 g/mol. The van der Waals surface area contributed by atoms with Gasteiger partial charge in [-0.15, -0.1) is 0 Å². The Morgan fingerprint density at radius 1 is 1.14 bits per heavy atom. The highest BCUT2D eigenvalue weighted by Gasteiger charge is 2.32. The minimum absolute atomic E-state index is 0.0285. The number of benzene rings is 1. The van der Waals surface area contributed by atoms with Gasteiger partial charge in [0.05, 0.1) is 12.2 Å². The zero-order valence-electron chi connectivity index (χ0n) is 15.0. The molecule has 1 atom stereocenters. The SMILES string of the molecule is O=C1CC(c2cccc(Cn3cccn3)c2)c2c(n[nH]c2-c2cccnc2)N1. The molecule has 0 spiro atoms. The molecule has 138 valence electrons. The molecule has 0 saturated heterocycles. The number of anilines is 1. The van der Waals surface area contributed by atoms with Crippen molar-refractivity contribution in [3.8, 4) is 11.3 Å². The summed E-state index contributed by atoms with van der Waals surface area (Å²) in [5.74, 6) is 0.493. The van der Waals surface area contributed by atoms with Gasteiger partial charge in [-0.05, 0) is 29.3 Å². The van der Waals surface area contributed by atoms with Crippen LogP contribution in [0.5, 0.6) is 0 Å². The van der Waals surface area contributed by atoms with Crippen molar-refractivity contribution >= 4 is 11.7 Å². The van der Waals surface area contributed by atoms with E-state index in [9.17, 15) is 4.79 Å². The number of aromatic amines is 1. The summed E-state index contributed by atoms with van der Waals surface area (Å²) in [5, 5.41) is 14.6. The van der Waals surface area contributed by atoms with Crippen LogP contribution in [0, 0.1) is 0 Å². The van der Waals surface area contributed by atoms with Crippen LogP contribution in [-0.2, 0) is 11.3 Å². The average molecular weight is 370 g/mol. The number of amides is 1. The molecule has 1 amide bonds. The molecule has 0 saturated carbocycles. The Labute approximate surface area is 161 Å². The zero-order chi connectivity index (χ0) is 18.9. The van der Waals surface area contributed by atoms with E-state index in [1.165, 1.54) is 0 Å². The van der Waals surface area contributed by atoms with Gasteiger partial charge >= 0.3 is 0 Å². The topological polar surface area (TPSA) is 88.5 Å². The van der Waals surface area contributed by atoms with E-state index in [4.69, 9.17) is 0 Å². The number of H-pyrrole nitrogens is 1. The lowest BCUT2D eigenvalue weighted by Gasteiger charge is -2.24. The van der Waals surface area contributed by atoms with Gasteiger partial charge in [0.2, 0.25) is 5.91 Å². The van der Waals surface area contributed by atoms with Gasteiger partial charge in [-0.25, -0.2) is 0 Å². The molecule has 1 aliphatic rings. The van der Waals surface area contributed by atoms with E-state index in [1.807, 2.05) is 35.1 Å². The van der Waals surface area contributed by atoms with Crippen molar-refractivity contribution < 1.29 is 4.79 Å². The molecule has 0 bridgehead atoms. The van der Waals surface area contributed by atoms with E-state index >= 15 is 0 Å².